The van der Waals surface area contributed by atoms with E-state index in [0.717, 1.165) is 12.2 Å². The second-order valence-electron chi connectivity index (χ2n) is 3.26. The first kappa shape index (κ1) is 12.5. The third kappa shape index (κ3) is 3.80. The van der Waals surface area contributed by atoms with Gasteiger partial charge in [-0.1, -0.05) is 0 Å². The topological polar surface area (TPSA) is 42.2 Å². The van der Waals surface area contributed by atoms with Crippen LogP contribution in [0, 0.1) is 0 Å². The van der Waals surface area contributed by atoms with Gasteiger partial charge >= 0.3 is 0 Å². The lowest BCUT2D eigenvalue weighted by Crippen LogP contribution is -2.32. The molecule has 84 valence electrons. The Hall–Kier alpha value is -0.610. The molecule has 0 spiro atoms. The molecule has 0 aromatic carbocycles. The van der Waals surface area contributed by atoms with E-state index in [1.54, 1.807) is 17.8 Å². The molecule has 0 saturated heterocycles. The van der Waals surface area contributed by atoms with Crippen LogP contribution in [-0.4, -0.2) is 24.0 Å². The summed E-state index contributed by atoms with van der Waals surface area (Å²) in [4.78, 5) is 11.6. The molecule has 0 radical (unpaired) electrons. The molecule has 0 aliphatic heterocycles. The summed E-state index contributed by atoms with van der Waals surface area (Å²) in [6.45, 7) is 1.97. The minimum Gasteiger partial charge on any atom is -0.452 e. The van der Waals surface area contributed by atoms with Gasteiger partial charge in [0.25, 0.3) is 5.91 Å². The number of nitrogens with one attached hydrogen (secondary N) is 1. The van der Waals surface area contributed by atoms with Crippen molar-refractivity contribution in [1.82, 2.24) is 5.32 Å². The predicted octanol–water partition coefficient (Wildman–Crippen LogP) is 2.80. The van der Waals surface area contributed by atoms with E-state index in [1.807, 2.05) is 13.2 Å². The maximum absolute atomic E-state index is 11.6. The van der Waals surface area contributed by atoms with Crippen molar-refractivity contribution in [3.05, 3.63) is 23.1 Å². The van der Waals surface area contributed by atoms with Crippen molar-refractivity contribution in [2.45, 2.75) is 19.4 Å². The molecule has 0 aliphatic carbocycles. The van der Waals surface area contributed by atoms with Crippen molar-refractivity contribution in [2.24, 2.45) is 0 Å². The molecule has 1 rings (SSSR count). The Kier molecular flexibility index (Phi) is 5.05. The molecular weight excluding hydrogens is 234 g/mol. The number of hydrogen-bond donors (Lipinski definition) is 1. The summed E-state index contributed by atoms with van der Waals surface area (Å²) >= 11 is 7.45. The second kappa shape index (κ2) is 6.08. The van der Waals surface area contributed by atoms with Gasteiger partial charge in [0.05, 0.1) is 11.8 Å². The molecular formula is C10H14ClNO2S. The number of hydrogen-bond acceptors (Lipinski definition) is 3. The van der Waals surface area contributed by atoms with E-state index in [2.05, 4.69) is 5.32 Å². The van der Waals surface area contributed by atoms with Gasteiger partial charge in [0, 0.05) is 6.04 Å². The number of carbonyl (C=O) groups excluding carboxylic acids is 1. The maximum Gasteiger partial charge on any atom is 0.256 e. The second-order valence-corrected chi connectivity index (χ2v) is 4.59. The third-order valence-corrected chi connectivity index (χ3v) is 2.93. The van der Waals surface area contributed by atoms with Gasteiger partial charge in [-0.15, -0.1) is 0 Å². The Labute approximate surface area is 98.6 Å². The number of furan rings is 1. The Bertz CT molecular complexity index is 327. The highest BCUT2D eigenvalue weighted by molar-refractivity contribution is 7.98. The molecule has 0 aliphatic rings. The zero-order valence-corrected chi connectivity index (χ0v) is 10.3. The molecule has 3 nitrogen and oxygen atoms in total. The molecule has 1 heterocycles. The highest BCUT2D eigenvalue weighted by Crippen LogP contribution is 2.16. The van der Waals surface area contributed by atoms with Crippen LogP contribution in [0.1, 0.15) is 23.7 Å². The fraction of sp³-hybridized carbons (Fsp3) is 0.500. The van der Waals surface area contributed by atoms with Crippen LogP contribution in [0.4, 0.5) is 0 Å². The van der Waals surface area contributed by atoms with Gasteiger partial charge in [0.15, 0.2) is 0 Å². The Morgan fingerprint density at radius 2 is 2.47 bits per heavy atom. The number of thioether (sulfide) groups is 1. The SMILES string of the molecule is CSCCC(C)NC(=O)c1ccoc1Cl. The summed E-state index contributed by atoms with van der Waals surface area (Å²) in [6.07, 6.45) is 4.40. The standard InChI is InChI=1S/C10H14ClNO2S/c1-7(4-6-15-2)12-10(13)8-3-5-14-9(8)11/h3,5,7H,4,6H2,1-2H3,(H,12,13). The number of carbonyl (C=O) groups is 1. The van der Waals surface area contributed by atoms with E-state index in [1.165, 1.54) is 6.26 Å². The molecule has 0 fully saturated rings. The van der Waals surface area contributed by atoms with Crippen molar-refractivity contribution in [3.8, 4) is 0 Å². The molecule has 1 unspecified atom stereocenters. The zero-order chi connectivity index (χ0) is 11.3. The van der Waals surface area contributed by atoms with Gasteiger partial charge in [-0.2, -0.15) is 11.8 Å². The molecule has 15 heavy (non-hydrogen) atoms. The van der Waals surface area contributed by atoms with Crippen molar-refractivity contribution in [2.75, 3.05) is 12.0 Å². The molecule has 1 amide bonds. The van der Waals surface area contributed by atoms with Crippen LogP contribution in [0.5, 0.6) is 0 Å². The Balaban J connectivity index is 2.46. The van der Waals surface area contributed by atoms with Crippen LogP contribution in [0.15, 0.2) is 16.7 Å². The summed E-state index contributed by atoms with van der Waals surface area (Å²) in [5, 5.41) is 3.00. The first-order valence-corrected chi connectivity index (χ1v) is 6.45. The van der Waals surface area contributed by atoms with Gasteiger partial charge in [0.2, 0.25) is 5.22 Å². The molecule has 0 bridgehead atoms. The summed E-state index contributed by atoms with van der Waals surface area (Å²) in [6, 6.07) is 1.72. The fourth-order valence-corrected chi connectivity index (χ4v) is 1.91. The van der Waals surface area contributed by atoms with Crippen molar-refractivity contribution < 1.29 is 9.21 Å². The average Bonchev–Trinajstić information content (AvgIpc) is 2.61. The van der Waals surface area contributed by atoms with E-state index < -0.39 is 0 Å². The van der Waals surface area contributed by atoms with Crippen molar-refractivity contribution >= 4 is 29.3 Å². The van der Waals surface area contributed by atoms with Gasteiger partial charge in [-0.25, -0.2) is 0 Å². The van der Waals surface area contributed by atoms with Crippen molar-refractivity contribution in [3.63, 3.8) is 0 Å². The number of rotatable bonds is 5. The van der Waals surface area contributed by atoms with Gasteiger partial charge in [-0.05, 0) is 43.0 Å². The molecule has 1 aromatic rings. The quantitative estimate of drug-likeness (QED) is 0.870. The Morgan fingerprint density at radius 1 is 1.73 bits per heavy atom. The lowest BCUT2D eigenvalue weighted by molar-refractivity contribution is 0.0939. The molecule has 1 atom stereocenters. The van der Waals surface area contributed by atoms with Crippen LogP contribution < -0.4 is 5.32 Å². The lowest BCUT2D eigenvalue weighted by atomic mass is 10.2. The average molecular weight is 248 g/mol. The fourth-order valence-electron chi connectivity index (χ4n) is 1.12. The largest absolute Gasteiger partial charge is 0.452 e. The summed E-state index contributed by atoms with van der Waals surface area (Å²) in [5.74, 6) is 0.850. The highest BCUT2D eigenvalue weighted by Gasteiger charge is 2.14. The van der Waals surface area contributed by atoms with Crippen LogP contribution in [0.25, 0.3) is 0 Å². The third-order valence-electron chi connectivity index (χ3n) is 2.00. The number of amides is 1. The van der Waals surface area contributed by atoms with Crippen LogP contribution in [0.3, 0.4) is 0 Å². The summed E-state index contributed by atoms with van der Waals surface area (Å²) in [7, 11) is 0. The van der Waals surface area contributed by atoms with Gasteiger partial charge < -0.3 is 9.73 Å². The van der Waals surface area contributed by atoms with Crippen LogP contribution in [-0.2, 0) is 0 Å². The van der Waals surface area contributed by atoms with E-state index in [-0.39, 0.29) is 17.2 Å². The van der Waals surface area contributed by atoms with Crippen molar-refractivity contribution in [1.29, 1.82) is 0 Å². The van der Waals surface area contributed by atoms with Gasteiger partial charge in [-0.3, -0.25) is 4.79 Å². The highest BCUT2D eigenvalue weighted by atomic mass is 35.5. The number of halogens is 1. The molecule has 1 N–H and O–H groups in total. The maximum atomic E-state index is 11.6. The van der Waals surface area contributed by atoms with Gasteiger partial charge in [0.1, 0.15) is 0 Å². The van der Waals surface area contributed by atoms with E-state index in [4.69, 9.17) is 16.0 Å². The monoisotopic (exact) mass is 247 g/mol. The first-order valence-electron chi connectivity index (χ1n) is 4.68. The smallest absolute Gasteiger partial charge is 0.256 e. The van der Waals surface area contributed by atoms with Crippen LogP contribution in [0.2, 0.25) is 5.22 Å². The first-order chi connectivity index (χ1) is 7.15. The van der Waals surface area contributed by atoms with E-state index >= 15 is 0 Å². The van der Waals surface area contributed by atoms with Crippen LogP contribution >= 0.6 is 23.4 Å². The minimum absolute atomic E-state index is 0.143. The lowest BCUT2D eigenvalue weighted by Gasteiger charge is -2.12. The predicted molar refractivity (Wildman–Crippen MR) is 63.6 cm³/mol. The summed E-state index contributed by atoms with van der Waals surface area (Å²) < 4.78 is 4.85. The summed E-state index contributed by atoms with van der Waals surface area (Å²) in [5.41, 5.74) is 0.396. The molecule has 1 aromatic heterocycles. The minimum atomic E-state index is -0.178. The normalized spacial score (nSPS) is 12.5. The molecule has 0 saturated carbocycles. The molecule has 5 heteroatoms. The zero-order valence-electron chi connectivity index (χ0n) is 8.75. The van der Waals surface area contributed by atoms with E-state index in [9.17, 15) is 4.79 Å². The van der Waals surface area contributed by atoms with E-state index in [0.29, 0.717) is 5.56 Å². The Morgan fingerprint density at radius 3 is 3.00 bits per heavy atom.